The van der Waals surface area contributed by atoms with E-state index in [4.69, 9.17) is 9.47 Å². The monoisotopic (exact) mass is 694 g/mol. The Balaban J connectivity index is 1.26. The first-order chi connectivity index (χ1) is 24.6. The Hall–Kier alpha value is -1.16. The first kappa shape index (κ1) is 43.2. The number of unbranched alkanes of at least 4 members (excludes halogenated alkanes) is 18. The van der Waals surface area contributed by atoms with Gasteiger partial charge in [0.25, 0.3) is 0 Å². The minimum absolute atomic E-state index is 0.265. The number of hydrogen-bond acceptors (Lipinski definition) is 3. The lowest BCUT2D eigenvalue weighted by atomic mass is 9.66. The van der Waals surface area contributed by atoms with Crippen molar-refractivity contribution in [2.45, 2.75) is 224 Å². The smallest absolute Gasteiger partial charge is 0.169 e. The first-order valence-electron chi connectivity index (χ1n) is 22.2. The first-order valence-corrected chi connectivity index (χ1v) is 22.2. The van der Waals surface area contributed by atoms with Crippen LogP contribution in [0.3, 0.4) is 0 Å². The molecule has 2 heterocycles. The predicted molar refractivity (Wildman–Crippen MR) is 219 cm³/mol. The summed E-state index contributed by atoms with van der Waals surface area (Å²) in [6, 6.07) is 0. The zero-order valence-electron chi connectivity index (χ0n) is 33.7. The molecule has 0 unspecified atom stereocenters. The Labute approximate surface area is 312 Å². The molecule has 2 saturated heterocycles. The Bertz CT molecular complexity index is 859. The molecule has 2 aliphatic heterocycles. The number of allylic oxidation sites excluding steroid dienone is 8. The molecule has 288 valence electrons. The van der Waals surface area contributed by atoms with Crippen molar-refractivity contribution in [2.24, 2.45) is 5.41 Å². The van der Waals surface area contributed by atoms with Crippen LogP contribution in [0.15, 0.2) is 48.6 Å². The molecule has 3 rings (SSSR count). The number of nitrogens with zero attached hydrogens (tertiary/aromatic N) is 1. The van der Waals surface area contributed by atoms with E-state index in [-0.39, 0.29) is 5.79 Å². The maximum absolute atomic E-state index is 6.67. The highest BCUT2D eigenvalue weighted by Gasteiger charge is 2.53. The van der Waals surface area contributed by atoms with Crippen molar-refractivity contribution in [1.82, 2.24) is 4.90 Å². The van der Waals surface area contributed by atoms with Crippen molar-refractivity contribution < 1.29 is 9.47 Å². The summed E-state index contributed by atoms with van der Waals surface area (Å²) in [4.78, 5) is 2.37. The van der Waals surface area contributed by atoms with Crippen LogP contribution in [0.25, 0.3) is 0 Å². The third-order valence-electron chi connectivity index (χ3n) is 12.0. The van der Waals surface area contributed by atoms with E-state index >= 15 is 0 Å². The van der Waals surface area contributed by atoms with E-state index in [1.807, 2.05) is 0 Å². The minimum atomic E-state index is -0.265. The molecular weight excluding hydrogens is 611 g/mol. The number of fused-ring (bicyclic) bond motifs is 1. The SMILES string of the molecule is CCCCCC=CCC=CCCCCCCCCC1(CCCCCCCCC=CCC=CCCCCC)CCC2(CC1)O[C@@H]1CN(C)C[C@H]1O2. The number of hydrogen-bond donors (Lipinski definition) is 0. The summed E-state index contributed by atoms with van der Waals surface area (Å²) in [5.74, 6) is -0.265. The molecule has 3 nitrogen and oxygen atoms in total. The fraction of sp³-hybridized carbons (Fsp3) is 0.830. The molecule has 0 radical (unpaired) electrons. The van der Waals surface area contributed by atoms with Gasteiger partial charge in [-0.25, -0.2) is 0 Å². The minimum Gasteiger partial charge on any atom is -0.343 e. The molecule has 50 heavy (non-hydrogen) atoms. The lowest BCUT2D eigenvalue weighted by Gasteiger charge is -2.45. The fourth-order valence-electron chi connectivity index (χ4n) is 8.73. The zero-order chi connectivity index (χ0) is 35.4. The van der Waals surface area contributed by atoms with Gasteiger partial charge in [-0.15, -0.1) is 0 Å². The summed E-state index contributed by atoms with van der Waals surface area (Å²) in [5, 5.41) is 0. The zero-order valence-corrected chi connectivity index (χ0v) is 33.7. The van der Waals surface area contributed by atoms with E-state index in [1.54, 1.807) is 0 Å². The Kier molecular flexibility index (Phi) is 23.7. The quantitative estimate of drug-likeness (QED) is 0.0552. The van der Waals surface area contributed by atoms with Gasteiger partial charge in [0, 0.05) is 25.9 Å². The van der Waals surface area contributed by atoms with Crippen LogP contribution in [-0.4, -0.2) is 43.0 Å². The second kappa shape index (κ2) is 27.4. The number of rotatable bonds is 30. The van der Waals surface area contributed by atoms with Crippen LogP contribution in [0, 0.1) is 5.41 Å². The lowest BCUT2D eigenvalue weighted by Crippen LogP contribution is -2.42. The largest absolute Gasteiger partial charge is 0.343 e. The summed E-state index contributed by atoms with van der Waals surface area (Å²) in [6.45, 7) is 6.63. The Morgan fingerprint density at radius 2 is 0.820 bits per heavy atom. The van der Waals surface area contributed by atoms with Gasteiger partial charge in [0.1, 0.15) is 12.2 Å². The molecule has 3 fully saturated rings. The summed E-state index contributed by atoms with van der Waals surface area (Å²) in [6.07, 6.45) is 59.4. The van der Waals surface area contributed by atoms with E-state index in [0.717, 1.165) is 38.8 Å². The highest BCUT2D eigenvalue weighted by atomic mass is 16.8. The van der Waals surface area contributed by atoms with Crippen molar-refractivity contribution in [3.63, 3.8) is 0 Å². The third kappa shape index (κ3) is 18.6. The van der Waals surface area contributed by atoms with Crippen LogP contribution in [0.4, 0.5) is 0 Å². The van der Waals surface area contributed by atoms with E-state index in [1.165, 1.54) is 167 Å². The highest BCUT2D eigenvalue weighted by molar-refractivity contribution is 4.98. The van der Waals surface area contributed by atoms with Crippen LogP contribution < -0.4 is 0 Å². The molecule has 1 spiro atoms. The molecule has 0 amide bonds. The average molecular weight is 694 g/mol. The number of likely N-dealkylation sites (N-methyl/N-ethyl adjacent to an activating group) is 1. The van der Waals surface area contributed by atoms with Crippen molar-refractivity contribution in [1.29, 1.82) is 0 Å². The topological polar surface area (TPSA) is 21.7 Å². The van der Waals surface area contributed by atoms with Crippen LogP contribution in [0.1, 0.15) is 206 Å². The molecule has 3 heteroatoms. The summed E-state index contributed by atoms with van der Waals surface area (Å²) < 4.78 is 13.3. The van der Waals surface area contributed by atoms with E-state index < -0.39 is 0 Å². The molecule has 1 saturated carbocycles. The standard InChI is InChI=1S/C47H83NO2/c1-4-6-8-10-12-14-16-18-20-22-24-26-28-30-32-34-36-46(38-40-47(41-39-46)49-44-42-48(3)43-45(44)50-47)37-35-33-31-29-27-25-23-21-19-17-15-13-11-9-7-5-2/h12-15,18-21,44-45H,4-11,16-17,22-43H2,1-3H3/t44-,45-/m1/s1. The summed E-state index contributed by atoms with van der Waals surface area (Å²) >= 11 is 0. The van der Waals surface area contributed by atoms with Crippen molar-refractivity contribution in [3.05, 3.63) is 48.6 Å². The van der Waals surface area contributed by atoms with Crippen LogP contribution in [0.2, 0.25) is 0 Å². The highest BCUT2D eigenvalue weighted by Crippen LogP contribution is 2.52. The van der Waals surface area contributed by atoms with Gasteiger partial charge in [0.15, 0.2) is 5.79 Å². The van der Waals surface area contributed by atoms with E-state index in [9.17, 15) is 0 Å². The molecule has 2 atom stereocenters. The molecule has 0 bridgehead atoms. The maximum atomic E-state index is 6.67. The van der Waals surface area contributed by atoms with Gasteiger partial charge in [0.2, 0.25) is 0 Å². The van der Waals surface area contributed by atoms with Gasteiger partial charge in [-0.1, -0.05) is 152 Å². The molecule has 3 aliphatic rings. The fourth-order valence-corrected chi connectivity index (χ4v) is 8.73. The van der Waals surface area contributed by atoms with Gasteiger partial charge in [0.05, 0.1) is 0 Å². The average Bonchev–Trinajstić information content (AvgIpc) is 3.62. The maximum Gasteiger partial charge on any atom is 0.169 e. The van der Waals surface area contributed by atoms with E-state index in [0.29, 0.717) is 17.6 Å². The van der Waals surface area contributed by atoms with Gasteiger partial charge in [-0.2, -0.15) is 0 Å². The molecular formula is C47H83NO2. The van der Waals surface area contributed by atoms with Crippen molar-refractivity contribution in [3.8, 4) is 0 Å². The van der Waals surface area contributed by atoms with Gasteiger partial charge >= 0.3 is 0 Å². The lowest BCUT2D eigenvalue weighted by molar-refractivity contribution is -0.214. The van der Waals surface area contributed by atoms with Crippen molar-refractivity contribution >= 4 is 0 Å². The summed E-state index contributed by atoms with van der Waals surface area (Å²) in [7, 11) is 2.20. The number of likely N-dealkylation sites (tertiary alicyclic amines) is 1. The van der Waals surface area contributed by atoms with Crippen molar-refractivity contribution in [2.75, 3.05) is 20.1 Å². The predicted octanol–water partition coefficient (Wildman–Crippen LogP) is 14.4. The van der Waals surface area contributed by atoms with E-state index in [2.05, 4.69) is 74.4 Å². The molecule has 0 aromatic heterocycles. The van der Waals surface area contributed by atoms with Crippen LogP contribution in [0.5, 0.6) is 0 Å². The molecule has 0 N–H and O–H groups in total. The second-order valence-corrected chi connectivity index (χ2v) is 16.6. The molecule has 1 aliphatic carbocycles. The Morgan fingerprint density at radius 3 is 1.22 bits per heavy atom. The molecule has 0 aromatic carbocycles. The number of ether oxygens (including phenoxy) is 2. The normalized spacial score (nSPS) is 25.9. The van der Waals surface area contributed by atoms with Gasteiger partial charge in [-0.05, 0) is 102 Å². The Morgan fingerprint density at radius 1 is 0.460 bits per heavy atom. The molecule has 0 aromatic rings. The second-order valence-electron chi connectivity index (χ2n) is 16.6. The van der Waals surface area contributed by atoms with Gasteiger partial charge < -0.3 is 14.4 Å². The van der Waals surface area contributed by atoms with Crippen LogP contribution in [-0.2, 0) is 9.47 Å². The van der Waals surface area contributed by atoms with Gasteiger partial charge in [-0.3, -0.25) is 0 Å². The third-order valence-corrected chi connectivity index (χ3v) is 12.0. The summed E-state index contributed by atoms with van der Waals surface area (Å²) in [5.41, 5.74) is 0.525. The van der Waals surface area contributed by atoms with Crippen LogP contribution >= 0.6 is 0 Å².